The summed E-state index contributed by atoms with van der Waals surface area (Å²) in [5, 5.41) is 38.4. The van der Waals surface area contributed by atoms with Crippen molar-refractivity contribution < 1.29 is 30.0 Å². The maximum absolute atomic E-state index is 11.6. The van der Waals surface area contributed by atoms with Crippen molar-refractivity contribution >= 4 is 17.7 Å². The van der Waals surface area contributed by atoms with E-state index in [4.69, 9.17) is 9.84 Å². The zero-order chi connectivity index (χ0) is 16.7. The molecule has 1 aliphatic rings. The van der Waals surface area contributed by atoms with Gasteiger partial charge in [-0.1, -0.05) is 6.92 Å². The van der Waals surface area contributed by atoms with Crippen LogP contribution in [0.1, 0.15) is 26.2 Å². The molecular weight excluding hydrogens is 310 g/mol. The maximum atomic E-state index is 11.6. The number of aliphatic hydroxyl groups is 4. The van der Waals surface area contributed by atoms with Crippen LogP contribution in [0.15, 0.2) is 0 Å². The van der Waals surface area contributed by atoms with Crippen LogP contribution in [0.4, 0.5) is 0 Å². The van der Waals surface area contributed by atoms with E-state index in [-0.39, 0.29) is 5.91 Å². The largest absolute Gasteiger partial charge is 0.394 e. The third-order valence-corrected chi connectivity index (χ3v) is 4.90. The lowest BCUT2D eigenvalue weighted by atomic mass is 10.0. The second-order valence-corrected chi connectivity index (χ2v) is 6.69. The number of thioether (sulfide) groups is 1. The molecule has 8 heteroatoms. The molecule has 1 rings (SSSR count). The van der Waals surface area contributed by atoms with E-state index in [1.54, 1.807) is 11.9 Å². The zero-order valence-electron chi connectivity index (χ0n) is 13.1. The highest BCUT2D eigenvalue weighted by molar-refractivity contribution is 7.99. The van der Waals surface area contributed by atoms with Gasteiger partial charge in [0.1, 0.15) is 29.9 Å². The molecule has 1 fully saturated rings. The Morgan fingerprint density at radius 3 is 2.50 bits per heavy atom. The monoisotopic (exact) mass is 337 g/mol. The lowest BCUT2D eigenvalue weighted by molar-refractivity contribution is -0.205. The van der Waals surface area contributed by atoms with Crippen LogP contribution in [-0.2, 0) is 9.53 Å². The second kappa shape index (κ2) is 9.69. The SMILES string of the molecule is CCCC(=O)N(C)CCCS[C@@H]1O[C@H](CO)[C@@H](O)[C@H](O)[C@H]1O. The number of ether oxygens (including phenoxy) is 1. The van der Waals surface area contributed by atoms with Crippen molar-refractivity contribution in [3.05, 3.63) is 0 Å². The van der Waals surface area contributed by atoms with Crippen LogP contribution in [-0.4, -0.2) is 87.0 Å². The topological polar surface area (TPSA) is 110 Å². The maximum Gasteiger partial charge on any atom is 0.222 e. The molecule has 0 aromatic heterocycles. The molecule has 0 bridgehead atoms. The number of hydrogen-bond acceptors (Lipinski definition) is 7. The minimum atomic E-state index is -1.34. The Bertz CT molecular complexity index is 343. The highest BCUT2D eigenvalue weighted by Crippen LogP contribution is 2.28. The molecule has 22 heavy (non-hydrogen) atoms. The van der Waals surface area contributed by atoms with Gasteiger partial charge in [-0.25, -0.2) is 0 Å². The molecule has 0 spiro atoms. The molecule has 0 unspecified atom stereocenters. The number of hydrogen-bond donors (Lipinski definition) is 4. The van der Waals surface area contributed by atoms with E-state index < -0.39 is 36.5 Å². The predicted octanol–water partition coefficient (Wildman–Crippen LogP) is -0.832. The van der Waals surface area contributed by atoms with E-state index >= 15 is 0 Å². The molecule has 1 aliphatic heterocycles. The van der Waals surface area contributed by atoms with Gasteiger partial charge in [-0.3, -0.25) is 4.79 Å². The minimum absolute atomic E-state index is 0.111. The normalized spacial score (nSPS) is 32.0. The summed E-state index contributed by atoms with van der Waals surface area (Å²) in [7, 11) is 1.76. The molecule has 0 aromatic carbocycles. The molecular formula is C14H27NO6S. The number of rotatable bonds is 8. The summed E-state index contributed by atoms with van der Waals surface area (Å²) in [5.41, 5.74) is -0.702. The number of nitrogens with zero attached hydrogens (tertiary/aromatic N) is 1. The van der Waals surface area contributed by atoms with E-state index in [1.807, 2.05) is 6.92 Å². The van der Waals surface area contributed by atoms with Gasteiger partial charge in [0.15, 0.2) is 0 Å². The van der Waals surface area contributed by atoms with Crippen molar-refractivity contribution in [3.63, 3.8) is 0 Å². The lowest BCUT2D eigenvalue weighted by Crippen LogP contribution is -2.57. The van der Waals surface area contributed by atoms with Gasteiger partial charge < -0.3 is 30.1 Å². The molecule has 5 atom stereocenters. The van der Waals surface area contributed by atoms with Crippen LogP contribution in [0.5, 0.6) is 0 Å². The van der Waals surface area contributed by atoms with E-state index in [0.29, 0.717) is 18.7 Å². The minimum Gasteiger partial charge on any atom is -0.394 e. The van der Waals surface area contributed by atoms with Gasteiger partial charge in [0.25, 0.3) is 0 Å². The van der Waals surface area contributed by atoms with Gasteiger partial charge in [-0.2, -0.15) is 0 Å². The highest BCUT2D eigenvalue weighted by atomic mass is 32.2. The van der Waals surface area contributed by atoms with Crippen LogP contribution in [0, 0.1) is 0 Å². The highest BCUT2D eigenvalue weighted by Gasteiger charge is 2.43. The van der Waals surface area contributed by atoms with Gasteiger partial charge in [0.05, 0.1) is 6.61 Å². The fraction of sp³-hybridized carbons (Fsp3) is 0.929. The quantitative estimate of drug-likeness (QED) is 0.428. The molecule has 0 aliphatic carbocycles. The first-order chi connectivity index (χ1) is 10.4. The van der Waals surface area contributed by atoms with E-state index in [0.717, 1.165) is 12.8 Å². The summed E-state index contributed by atoms with van der Waals surface area (Å²) in [6.45, 7) is 2.15. The van der Waals surface area contributed by atoms with E-state index in [2.05, 4.69) is 0 Å². The summed E-state index contributed by atoms with van der Waals surface area (Å²) < 4.78 is 5.40. The molecule has 0 radical (unpaired) electrons. The third-order valence-electron chi connectivity index (χ3n) is 3.66. The van der Waals surface area contributed by atoms with Crippen molar-refractivity contribution in [1.82, 2.24) is 4.90 Å². The summed E-state index contributed by atoms with van der Waals surface area (Å²) in [4.78, 5) is 13.3. The summed E-state index contributed by atoms with van der Waals surface area (Å²) in [6.07, 6.45) is -2.65. The molecule has 7 nitrogen and oxygen atoms in total. The summed E-state index contributed by atoms with van der Waals surface area (Å²) in [6, 6.07) is 0. The van der Waals surface area contributed by atoms with Crippen molar-refractivity contribution in [3.8, 4) is 0 Å². The third kappa shape index (κ3) is 5.36. The fourth-order valence-electron chi connectivity index (χ4n) is 2.24. The number of aliphatic hydroxyl groups excluding tert-OH is 4. The first-order valence-corrected chi connectivity index (χ1v) is 8.63. The van der Waals surface area contributed by atoms with E-state index in [1.165, 1.54) is 11.8 Å². The molecule has 1 amide bonds. The number of carbonyl (C=O) groups excluding carboxylic acids is 1. The molecule has 0 saturated carbocycles. The Morgan fingerprint density at radius 2 is 1.91 bits per heavy atom. The second-order valence-electron chi connectivity index (χ2n) is 5.49. The van der Waals surface area contributed by atoms with Gasteiger partial charge in [-0.15, -0.1) is 11.8 Å². The predicted molar refractivity (Wildman–Crippen MR) is 83.4 cm³/mol. The molecule has 4 N–H and O–H groups in total. The first kappa shape index (κ1) is 19.7. The van der Waals surface area contributed by atoms with Crippen LogP contribution >= 0.6 is 11.8 Å². The average Bonchev–Trinajstić information content (AvgIpc) is 2.51. The number of amides is 1. The van der Waals surface area contributed by atoms with Crippen molar-refractivity contribution in [1.29, 1.82) is 0 Å². The molecule has 0 aromatic rings. The Labute approximate surface area is 135 Å². The lowest BCUT2D eigenvalue weighted by Gasteiger charge is -2.39. The van der Waals surface area contributed by atoms with Gasteiger partial charge in [0, 0.05) is 20.0 Å². The summed E-state index contributed by atoms with van der Waals surface area (Å²) >= 11 is 1.31. The van der Waals surface area contributed by atoms with Crippen LogP contribution in [0.3, 0.4) is 0 Å². The van der Waals surface area contributed by atoms with Crippen LogP contribution in [0.25, 0.3) is 0 Å². The smallest absolute Gasteiger partial charge is 0.222 e. The summed E-state index contributed by atoms with van der Waals surface area (Å²) in [5.74, 6) is 0.743. The average molecular weight is 337 g/mol. The van der Waals surface area contributed by atoms with Crippen molar-refractivity contribution in [2.24, 2.45) is 0 Å². The standard InChI is InChI=1S/C14H27NO6S/c1-3-5-10(17)15(2)6-4-7-22-14-13(20)12(19)11(18)9(8-16)21-14/h9,11-14,16,18-20H,3-8H2,1-2H3/t9-,11-,12+,13-,14+/m1/s1. The van der Waals surface area contributed by atoms with E-state index in [9.17, 15) is 20.1 Å². The van der Waals surface area contributed by atoms with Crippen LogP contribution < -0.4 is 0 Å². The fourth-order valence-corrected chi connectivity index (χ4v) is 3.34. The molecule has 130 valence electrons. The van der Waals surface area contributed by atoms with Gasteiger partial charge in [0.2, 0.25) is 5.91 Å². The van der Waals surface area contributed by atoms with Crippen molar-refractivity contribution in [2.75, 3.05) is 26.0 Å². The first-order valence-electron chi connectivity index (χ1n) is 7.58. The Balaban J connectivity index is 2.33. The number of carbonyl (C=O) groups is 1. The van der Waals surface area contributed by atoms with Gasteiger partial charge >= 0.3 is 0 Å². The van der Waals surface area contributed by atoms with Gasteiger partial charge in [-0.05, 0) is 18.6 Å². The Morgan fingerprint density at radius 1 is 1.23 bits per heavy atom. The Kier molecular flexibility index (Phi) is 8.66. The zero-order valence-corrected chi connectivity index (χ0v) is 13.9. The molecule has 1 heterocycles. The Hall–Kier alpha value is -0.380. The van der Waals surface area contributed by atoms with Crippen LogP contribution in [0.2, 0.25) is 0 Å². The molecule has 1 saturated heterocycles. The van der Waals surface area contributed by atoms with Crippen molar-refractivity contribution in [2.45, 2.75) is 56.0 Å².